The number of aromatic nitrogens is 5. The normalized spacial score (nSPS) is 13.5. The van der Waals surface area contributed by atoms with Gasteiger partial charge in [-0.2, -0.15) is 14.0 Å². The summed E-state index contributed by atoms with van der Waals surface area (Å²) in [6.45, 7) is -3.15. The molecule has 5 rings (SSSR count). The van der Waals surface area contributed by atoms with Gasteiger partial charge in [0.2, 0.25) is 0 Å². The molecule has 2 heterocycles. The molecule has 0 unspecified atom stereocenters. The fourth-order valence-electron chi connectivity index (χ4n) is 4.01. The van der Waals surface area contributed by atoms with Gasteiger partial charge in [0.15, 0.2) is 5.60 Å². The SMILES string of the molecule is [2H]C([2H])(Oc1ccc(C#Cc2ccc(C(F)(F)[C@](O)(Cn3cnnn3)c3ccc(F)cc3F)nc2)cc1)c1ccc(C#N)cc1. The molecule has 0 aliphatic heterocycles. The molecule has 0 spiro atoms. The first-order valence-corrected chi connectivity index (χ1v) is 12.5. The van der Waals surface area contributed by atoms with E-state index in [2.05, 4.69) is 32.4 Å². The molecule has 3 aromatic carbocycles. The van der Waals surface area contributed by atoms with Gasteiger partial charge in [0.1, 0.15) is 36.0 Å². The molecule has 5 aromatic rings. The highest BCUT2D eigenvalue weighted by Crippen LogP contribution is 2.46. The van der Waals surface area contributed by atoms with Crippen LogP contribution in [0.25, 0.3) is 0 Å². The molecular formula is C31H20F4N6O2. The van der Waals surface area contributed by atoms with Crippen LogP contribution in [-0.2, 0) is 24.6 Å². The average molecular weight is 587 g/mol. The van der Waals surface area contributed by atoms with Crippen LogP contribution in [0.5, 0.6) is 5.75 Å². The highest BCUT2D eigenvalue weighted by atomic mass is 19.3. The van der Waals surface area contributed by atoms with E-state index in [9.17, 15) is 13.9 Å². The van der Waals surface area contributed by atoms with Gasteiger partial charge in [-0.3, -0.25) is 4.98 Å². The number of alkyl halides is 2. The summed E-state index contributed by atoms with van der Waals surface area (Å²) in [5.41, 5.74) is -3.71. The topological polar surface area (TPSA) is 110 Å². The number of nitrogens with zero attached hydrogens (tertiary/aromatic N) is 6. The van der Waals surface area contributed by atoms with Crippen LogP contribution in [0.2, 0.25) is 0 Å². The molecule has 8 nitrogen and oxygen atoms in total. The number of rotatable bonds is 8. The van der Waals surface area contributed by atoms with E-state index in [0.717, 1.165) is 35.4 Å². The van der Waals surface area contributed by atoms with Crippen LogP contribution in [-0.4, -0.2) is 30.3 Å². The number of benzene rings is 3. The molecule has 0 radical (unpaired) electrons. The summed E-state index contributed by atoms with van der Waals surface area (Å²) in [6, 6.07) is 18.0. The number of tetrazole rings is 1. The summed E-state index contributed by atoms with van der Waals surface area (Å²) in [6.07, 6.45) is 2.01. The first-order valence-electron chi connectivity index (χ1n) is 13.5. The van der Waals surface area contributed by atoms with Crippen LogP contribution in [0.4, 0.5) is 17.6 Å². The molecule has 0 aliphatic rings. The Labute approximate surface area is 245 Å². The molecule has 0 bridgehead atoms. The number of hydrogen-bond acceptors (Lipinski definition) is 7. The average Bonchev–Trinajstić information content (AvgIpc) is 3.53. The third-order valence-corrected chi connectivity index (χ3v) is 6.27. The van der Waals surface area contributed by atoms with Crippen molar-refractivity contribution in [3.05, 3.63) is 137 Å². The first kappa shape index (κ1) is 26.3. The number of halogens is 4. The molecule has 0 amide bonds. The fraction of sp³-hybridized carbons (Fsp3) is 0.129. The maximum absolute atomic E-state index is 15.9. The standard InChI is InChI=1S/C31H20F4N6O2/c32-25-10-13-27(28(33)15-25)30(42,19-41-20-38-39-40-41)31(34,35)29-14-9-23(17-37-29)4-1-21-7-11-26(12-8-21)43-18-24-5-2-22(16-36)3-6-24/h2-3,5-15,17,20,42H,18-19H2/t30-/m0/s1/i18D2. The maximum Gasteiger partial charge on any atom is 0.323 e. The minimum Gasteiger partial charge on any atom is -0.489 e. The van der Waals surface area contributed by atoms with Gasteiger partial charge < -0.3 is 9.84 Å². The van der Waals surface area contributed by atoms with Crippen molar-refractivity contribution < 1.29 is 30.1 Å². The van der Waals surface area contributed by atoms with Gasteiger partial charge in [-0.15, -0.1) is 5.10 Å². The lowest BCUT2D eigenvalue weighted by Gasteiger charge is -2.35. The Kier molecular flexibility index (Phi) is 7.41. The lowest BCUT2D eigenvalue weighted by Crippen LogP contribution is -2.48. The summed E-state index contributed by atoms with van der Waals surface area (Å²) in [5, 5.41) is 30.4. The van der Waals surface area contributed by atoms with Crippen molar-refractivity contribution in [3.63, 3.8) is 0 Å². The predicted octanol–water partition coefficient (Wildman–Crippen LogP) is 4.88. The van der Waals surface area contributed by atoms with Crippen LogP contribution in [0.3, 0.4) is 0 Å². The smallest absolute Gasteiger partial charge is 0.323 e. The first-order chi connectivity index (χ1) is 21.4. The van der Waals surface area contributed by atoms with E-state index in [4.69, 9.17) is 12.7 Å². The molecule has 0 fully saturated rings. The Bertz CT molecular complexity index is 1910. The summed E-state index contributed by atoms with van der Waals surface area (Å²) in [4.78, 5) is 3.78. The van der Waals surface area contributed by atoms with Crippen LogP contribution in [0, 0.1) is 34.8 Å². The number of ether oxygens (including phenoxy) is 1. The van der Waals surface area contributed by atoms with Crippen molar-refractivity contribution in [2.24, 2.45) is 0 Å². The van der Waals surface area contributed by atoms with Gasteiger partial charge in [0, 0.05) is 29.0 Å². The van der Waals surface area contributed by atoms with Gasteiger partial charge in [0.25, 0.3) is 0 Å². The number of pyridine rings is 1. The van der Waals surface area contributed by atoms with Crippen LogP contribution < -0.4 is 4.74 Å². The zero-order valence-electron chi connectivity index (χ0n) is 23.9. The van der Waals surface area contributed by atoms with Crippen molar-refractivity contribution in [2.75, 3.05) is 0 Å². The van der Waals surface area contributed by atoms with E-state index < -0.39 is 47.5 Å². The van der Waals surface area contributed by atoms with Crippen molar-refractivity contribution in [1.82, 2.24) is 25.2 Å². The third kappa shape index (κ3) is 6.35. The third-order valence-electron chi connectivity index (χ3n) is 6.27. The number of hydrogen-bond donors (Lipinski definition) is 1. The zero-order chi connectivity index (χ0) is 32.2. The van der Waals surface area contributed by atoms with E-state index in [1.165, 1.54) is 42.5 Å². The molecule has 0 saturated carbocycles. The van der Waals surface area contributed by atoms with Crippen molar-refractivity contribution in [1.29, 1.82) is 5.26 Å². The quantitative estimate of drug-likeness (QED) is 0.204. The second-order valence-electron chi connectivity index (χ2n) is 9.17. The lowest BCUT2D eigenvalue weighted by atomic mass is 9.84. The van der Waals surface area contributed by atoms with Crippen molar-refractivity contribution >= 4 is 0 Å². The molecule has 12 heteroatoms. The molecule has 1 atom stereocenters. The zero-order valence-corrected chi connectivity index (χ0v) is 21.9. The van der Waals surface area contributed by atoms with Gasteiger partial charge in [-0.25, -0.2) is 13.5 Å². The van der Waals surface area contributed by atoms with Gasteiger partial charge in [-0.05, 0) is 76.7 Å². The van der Waals surface area contributed by atoms with Gasteiger partial charge >= 0.3 is 5.92 Å². The van der Waals surface area contributed by atoms with Crippen LogP contribution in [0.15, 0.2) is 91.4 Å². The largest absolute Gasteiger partial charge is 0.489 e. The fourth-order valence-corrected chi connectivity index (χ4v) is 4.01. The highest BCUT2D eigenvalue weighted by molar-refractivity contribution is 5.44. The Morgan fingerprint density at radius 1 is 0.930 bits per heavy atom. The van der Waals surface area contributed by atoms with E-state index in [1.54, 1.807) is 12.1 Å². The number of aliphatic hydroxyl groups is 1. The molecule has 0 aliphatic carbocycles. The number of nitriles is 1. The summed E-state index contributed by atoms with van der Waals surface area (Å²) >= 11 is 0. The lowest BCUT2D eigenvalue weighted by molar-refractivity contribution is -0.207. The van der Waals surface area contributed by atoms with E-state index >= 15 is 8.78 Å². The molecule has 43 heavy (non-hydrogen) atoms. The molecule has 2 aromatic heterocycles. The Morgan fingerprint density at radius 2 is 1.63 bits per heavy atom. The summed E-state index contributed by atoms with van der Waals surface area (Å²) < 4.78 is 82.7. The van der Waals surface area contributed by atoms with Gasteiger partial charge in [0.05, 0.1) is 20.9 Å². The van der Waals surface area contributed by atoms with E-state index in [0.29, 0.717) is 17.2 Å². The molecule has 0 saturated heterocycles. The Morgan fingerprint density at radius 3 is 2.26 bits per heavy atom. The Hall–Kier alpha value is -5.59. The summed E-state index contributed by atoms with van der Waals surface area (Å²) in [5.74, 6) is -0.792. The van der Waals surface area contributed by atoms with Crippen molar-refractivity contribution in [3.8, 4) is 23.7 Å². The van der Waals surface area contributed by atoms with Gasteiger partial charge in [-0.1, -0.05) is 24.0 Å². The molecule has 1 N–H and O–H groups in total. The van der Waals surface area contributed by atoms with E-state index in [1.807, 2.05) is 6.07 Å². The second kappa shape index (κ2) is 12.1. The van der Waals surface area contributed by atoms with Crippen LogP contribution >= 0.6 is 0 Å². The highest BCUT2D eigenvalue weighted by Gasteiger charge is 2.58. The van der Waals surface area contributed by atoms with E-state index in [-0.39, 0.29) is 16.9 Å². The predicted molar refractivity (Wildman–Crippen MR) is 144 cm³/mol. The maximum atomic E-state index is 15.9. The minimum atomic E-state index is -4.21. The summed E-state index contributed by atoms with van der Waals surface area (Å²) in [7, 11) is 0. The monoisotopic (exact) mass is 586 g/mol. The molecule has 214 valence electrons. The van der Waals surface area contributed by atoms with Crippen LogP contribution in [0.1, 0.15) is 36.3 Å². The van der Waals surface area contributed by atoms with Crippen molar-refractivity contribution in [2.45, 2.75) is 24.6 Å². The minimum absolute atomic E-state index is 0.218. The second-order valence-corrected chi connectivity index (χ2v) is 9.17. The molecular weight excluding hydrogens is 564 g/mol. The Balaban J connectivity index is 1.34.